The van der Waals surface area contributed by atoms with Crippen LogP contribution in [0.4, 0.5) is 5.69 Å². The van der Waals surface area contributed by atoms with E-state index in [1.54, 1.807) is 14.0 Å². The lowest BCUT2D eigenvalue weighted by molar-refractivity contribution is -0.385. The van der Waals surface area contributed by atoms with Crippen LogP contribution in [0.15, 0.2) is 4.99 Å². The van der Waals surface area contributed by atoms with Gasteiger partial charge in [0.25, 0.3) is 0 Å². The van der Waals surface area contributed by atoms with Crippen LogP contribution in [0.25, 0.3) is 0 Å². The van der Waals surface area contributed by atoms with E-state index in [1.807, 2.05) is 0 Å². The fraction of sp³-hybridized carbons (Fsp3) is 0.667. The summed E-state index contributed by atoms with van der Waals surface area (Å²) in [5.74, 6) is 0.404. The van der Waals surface area contributed by atoms with Crippen molar-refractivity contribution >= 4 is 11.5 Å². The van der Waals surface area contributed by atoms with E-state index in [0.29, 0.717) is 17.2 Å². The molecule has 1 aromatic rings. The molecule has 2 heterocycles. The fourth-order valence-corrected chi connectivity index (χ4v) is 2.94. The molecular formula is C12H17N5O3. The fourth-order valence-electron chi connectivity index (χ4n) is 2.94. The smallest absolute Gasteiger partial charge is 0.258 e. The molecule has 0 bridgehead atoms. The maximum absolute atomic E-state index is 11.2. The molecule has 3 rings (SSSR count). The molecular weight excluding hydrogens is 262 g/mol. The number of nitrogens with one attached hydrogen (secondary N) is 1. The van der Waals surface area contributed by atoms with Gasteiger partial charge in [0.1, 0.15) is 5.69 Å². The van der Waals surface area contributed by atoms with E-state index in [-0.39, 0.29) is 5.69 Å². The molecule has 8 heteroatoms. The van der Waals surface area contributed by atoms with E-state index >= 15 is 0 Å². The number of aliphatic imine (C=N–C) groups is 1. The number of nitro groups is 1. The molecule has 20 heavy (non-hydrogen) atoms. The largest absolute Gasteiger partial charge is 0.321 e. The number of amidine groups is 1. The van der Waals surface area contributed by atoms with Crippen molar-refractivity contribution in [1.29, 1.82) is 0 Å². The van der Waals surface area contributed by atoms with Crippen LogP contribution < -0.4 is 5.48 Å². The Balaban J connectivity index is 2.02. The molecule has 1 saturated carbocycles. The normalized spacial score (nSPS) is 20.8. The maximum atomic E-state index is 11.2. The van der Waals surface area contributed by atoms with Crippen molar-refractivity contribution in [3.63, 3.8) is 0 Å². The summed E-state index contributed by atoms with van der Waals surface area (Å²) in [6.07, 6.45) is 4.99. The van der Waals surface area contributed by atoms with Crippen molar-refractivity contribution in [2.24, 2.45) is 12.0 Å². The third kappa shape index (κ3) is 1.96. The van der Waals surface area contributed by atoms with Crippen LogP contribution >= 0.6 is 0 Å². The zero-order valence-electron chi connectivity index (χ0n) is 11.5. The first kappa shape index (κ1) is 13.0. The van der Waals surface area contributed by atoms with E-state index in [9.17, 15) is 10.1 Å². The lowest BCUT2D eigenvalue weighted by Crippen LogP contribution is -2.32. The summed E-state index contributed by atoms with van der Waals surface area (Å²) in [6, 6.07) is 0. The first-order valence-corrected chi connectivity index (χ1v) is 6.75. The summed E-state index contributed by atoms with van der Waals surface area (Å²) in [5.41, 5.74) is 2.94. The van der Waals surface area contributed by atoms with E-state index in [4.69, 9.17) is 4.84 Å². The van der Waals surface area contributed by atoms with Gasteiger partial charge in [0, 0.05) is 7.05 Å². The number of hydrogen-bond donors (Lipinski definition) is 1. The highest BCUT2D eigenvalue weighted by Crippen LogP contribution is 2.36. The lowest BCUT2D eigenvalue weighted by atomic mass is 9.92. The average Bonchev–Trinajstić information content (AvgIpc) is 2.91. The average molecular weight is 279 g/mol. The predicted octanol–water partition coefficient (Wildman–Crippen LogP) is 1.58. The van der Waals surface area contributed by atoms with Crippen LogP contribution in [0, 0.1) is 17.0 Å². The molecule has 1 spiro atoms. The predicted molar refractivity (Wildman–Crippen MR) is 71.2 cm³/mol. The third-order valence-corrected chi connectivity index (χ3v) is 3.89. The molecule has 0 radical (unpaired) electrons. The van der Waals surface area contributed by atoms with Crippen LogP contribution in [-0.4, -0.2) is 26.3 Å². The zero-order chi connectivity index (χ0) is 14.3. The first-order chi connectivity index (χ1) is 9.52. The highest BCUT2D eigenvalue weighted by molar-refractivity contribution is 6.01. The molecule has 1 aliphatic carbocycles. The topological polar surface area (TPSA) is 94.6 Å². The molecule has 108 valence electrons. The molecule has 0 aromatic carbocycles. The number of hydrogen-bond acceptors (Lipinski definition) is 6. The Labute approximate surface area is 115 Å². The summed E-state index contributed by atoms with van der Waals surface area (Å²) in [5, 5.41) is 15.3. The Morgan fingerprint density at radius 1 is 1.40 bits per heavy atom. The van der Waals surface area contributed by atoms with E-state index < -0.39 is 10.6 Å². The Hall–Kier alpha value is -1.96. The lowest BCUT2D eigenvalue weighted by Gasteiger charge is -2.27. The molecule has 1 aromatic heterocycles. The molecule has 1 aliphatic heterocycles. The van der Waals surface area contributed by atoms with Crippen molar-refractivity contribution in [1.82, 2.24) is 15.3 Å². The minimum Gasteiger partial charge on any atom is -0.258 e. The molecule has 0 unspecified atom stereocenters. The van der Waals surface area contributed by atoms with Gasteiger partial charge in [-0.25, -0.2) is 15.3 Å². The van der Waals surface area contributed by atoms with Gasteiger partial charge in [-0.15, -0.1) is 0 Å². The van der Waals surface area contributed by atoms with E-state index in [0.717, 1.165) is 25.7 Å². The van der Waals surface area contributed by atoms with Crippen LogP contribution in [-0.2, 0) is 11.9 Å². The summed E-state index contributed by atoms with van der Waals surface area (Å²) >= 11 is 0. The number of hydroxylamine groups is 1. The highest BCUT2D eigenvalue weighted by atomic mass is 16.7. The Morgan fingerprint density at radius 3 is 2.75 bits per heavy atom. The molecule has 0 atom stereocenters. The summed E-state index contributed by atoms with van der Waals surface area (Å²) in [4.78, 5) is 21.0. The van der Waals surface area contributed by atoms with E-state index in [1.165, 1.54) is 11.1 Å². The standard InChI is InChI=1S/C12H17N5O3/c1-8-9(17(18)19)10(16(2)14-8)11-13-12(20-15-11)6-4-3-5-7-12/h3-7H2,1-2H3,(H,13,15). The molecule has 8 nitrogen and oxygen atoms in total. The second-order valence-corrected chi connectivity index (χ2v) is 5.33. The van der Waals surface area contributed by atoms with Gasteiger partial charge in [-0.3, -0.25) is 14.8 Å². The zero-order valence-corrected chi connectivity index (χ0v) is 11.5. The monoisotopic (exact) mass is 279 g/mol. The Bertz CT molecular complexity index is 586. The highest BCUT2D eigenvalue weighted by Gasteiger charge is 2.41. The van der Waals surface area contributed by atoms with Crippen LogP contribution in [0.3, 0.4) is 0 Å². The van der Waals surface area contributed by atoms with Gasteiger partial charge in [-0.1, -0.05) is 6.42 Å². The van der Waals surface area contributed by atoms with Crippen LogP contribution in [0.1, 0.15) is 43.5 Å². The summed E-state index contributed by atoms with van der Waals surface area (Å²) in [6.45, 7) is 1.62. The Kier molecular flexibility index (Phi) is 2.97. The minimum absolute atomic E-state index is 0.0183. The quantitative estimate of drug-likeness (QED) is 0.655. The van der Waals surface area contributed by atoms with Gasteiger partial charge in [0.15, 0.2) is 17.3 Å². The first-order valence-electron chi connectivity index (χ1n) is 6.75. The Morgan fingerprint density at radius 2 is 2.10 bits per heavy atom. The van der Waals surface area contributed by atoms with Gasteiger partial charge in [0.2, 0.25) is 0 Å². The summed E-state index contributed by atoms with van der Waals surface area (Å²) < 4.78 is 1.48. The van der Waals surface area contributed by atoms with Crippen molar-refractivity contribution in [3.8, 4) is 0 Å². The van der Waals surface area contributed by atoms with Gasteiger partial charge in [-0.2, -0.15) is 5.10 Å². The second-order valence-electron chi connectivity index (χ2n) is 5.33. The molecule has 2 aliphatic rings. The SMILES string of the molecule is Cc1nn(C)c(C2=NC3(CCCCC3)ON2)c1[N+](=O)[O-]. The van der Waals surface area contributed by atoms with Crippen molar-refractivity contribution in [2.45, 2.75) is 44.8 Å². The molecule has 0 saturated heterocycles. The number of rotatable bonds is 2. The third-order valence-electron chi connectivity index (χ3n) is 3.89. The van der Waals surface area contributed by atoms with Crippen molar-refractivity contribution in [3.05, 3.63) is 21.5 Å². The summed E-state index contributed by atoms with van der Waals surface area (Å²) in [7, 11) is 1.67. The van der Waals surface area contributed by atoms with Gasteiger partial charge in [0.05, 0.1) is 4.92 Å². The maximum Gasteiger partial charge on any atom is 0.321 e. The van der Waals surface area contributed by atoms with Crippen molar-refractivity contribution < 1.29 is 9.76 Å². The van der Waals surface area contributed by atoms with Crippen LogP contribution in [0.5, 0.6) is 0 Å². The minimum atomic E-state index is -0.556. The molecule has 0 amide bonds. The van der Waals surface area contributed by atoms with E-state index in [2.05, 4.69) is 15.6 Å². The second kappa shape index (κ2) is 4.55. The molecule has 1 fully saturated rings. The van der Waals surface area contributed by atoms with Crippen LogP contribution in [0.2, 0.25) is 0 Å². The number of nitrogens with zero attached hydrogens (tertiary/aromatic N) is 4. The van der Waals surface area contributed by atoms with Gasteiger partial charge < -0.3 is 0 Å². The number of aromatic nitrogens is 2. The number of aryl methyl sites for hydroxylation is 2. The van der Waals surface area contributed by atoms with Gasteiger partial charge in [-0.05, 0) is 32.6 Å². The van der Waals surface area contributed by atoms with Crippen molar-refractivity contribution in [2.75, 3.05) is 0 Å². The molecule has 1 N–H and O–H groups in total. The van der Waals surface area contributed by atoms with Gasteiger partial charge >= 0.3 is 5.69 Å².